The first-order valence-corrected chi connectivity index (χ1v) is 11.9. The number of benzene rings is 4. The first-order valence-electron chi connectivity index (χ1n) is 10.3. The molecule has 0 unspecified atom stereocenters. The molecule has 0 atom stereocenters. The van der Waals surface area contributed by atoms with Gasteiger partial charge in [0.1, 0.15) is 23.0 Å². The summed E-state index contributed by atoms with van der Waals surface area (Å²) in [5.41, 5.74) is 6.66. The van der Waals surface area contributed by atoms with Crippen LogP contribution in [0.1, 0.15) is 11.1 Å². The third kappa shape index (κ3) is 5.75. The van der Waals surface area contributed by atoms with Crippen LogP contribution in [0.2, 0.25) is 0 Å². The highest BCUT2D eigenvalue weighted by Crippen LogP contribution is 2.35. The van der Waals surface area contributed by atoms with Crippen LogP contribution < -0.4 is 25.9 Å². The lowest BCUT2D eigenvalue weighted by Gasteiger charge is -2.27. The van der Waals surface area contributed by atoms with E-state index in [-0.39, 0.29) is 0 Å². The minimum absolute atomic E-state index is 0.751. The molecular formula is C26H23Br2N3O2. The average Bonchev–Trinajstić information content (AvgIpc) is 2.77. The Morgan fingerprint density at radius 2 is 1.06 bits per heavy atom. The number of nitrogens with one attached hydrogen (secondary N) is 1. The van der Waals surface area contributed by atoms with Gasteiger partial charge in [0, 0.05) is 8.95 Å². The molecular weight excluding hydrogens is 546 g/mol. The maximum absolute atomic E-state index is 6.00. The Balaban J connectivity index is 1.56. The smallest absolute Gasteiger partial charge is 0.128 e. The maximum atomic E-state index is 6.00. The number of halogens is 2. The Morgan fingerprint density at radius 1 is 0.636 bits per heavy atom. The highest BCUT2D eigenvalue weighted by Gasteiger charge is 2.15. The van der Waals surface area contributed by atoms with Gasteiger partial charge >= 0.3 is 0 Å². The van der Waals surface area contributed by atoms with Gasteiger partial charge in [-0.15, -0.1) is 0 Å². The summed E-state index contributed by atoms with van der Waals surface area (Å²) in [5, 5.41) is 1.84. The highest BCUT2D eigenvalue weighted by atomic mass is 79.9. The summed E-state index contributed by atoms with van der Waals surface area (Å²) in [6.45, 7) is 4.04. The van der Waals surface area contributed by atoms with Crippen molar-refractivity contribution in [3.8, 4) is 23.0 Å². The van der Waals surface area contributed by atoms with Crippen LogP contribution in [0.3, 0.4) is 0 Å². The Kier molecular flexibility index (Phi) is 7.35. The summed E-state index contributed by atoms with van der Waals surface area (Å²) < 4.78 is 13.9. The van der Waals surface area contributed by atoms with Gasteiger partial charge in [-0.05, 0) is 97.8 Å². The van der Waals surface area contributed by atoms with Crippen LogP contribution >= 0.6 is 31.9 Å². The lowest BCUT2D eigenvalue weighted by molar-refractivity contribution is 0.482. The Labute approximate surface area is 210 Å². The summed E-state index contributed by atoms with van der Waals surface area (Å²) in [4.78, 5) is 0. The standard InChI is InChI=1S/C26H23Br2N3O2/c1-17-13-23(32-21-7-3-5-19(27)15-21)9-11-25(17)31(30-29)26-12-10-24(14-18(26)2)33-22-8-4-6-20(28)16-22/h3-16,30H,29H2,1-2H3. The lowest BCUT2D eigenvalue weighted by atomic mass is 10.1. The largest absolute Gasteiger partial charge is 0.457 e. The van der Waals surface area contributed by atoms with Crippen molar-refractivity contribution in [3.05, 3.63) is 105 Å². The van der Waals surface area contributed by atoms with Crippen molar-refractivity contribution in [2.75, 3.05) is 5.01 Å². The number of aryl methyl sites for hydroxylation is 2. The van der Waals surface area contributed by atoms with Crippen LogP contribution in [0, 0.1) is 13.8 Å². The zero-order chi connectivity index (χ0) is 23.4. The van der Waals surface area contributed by atoms with Crippen LogP contribution in [-0.4, -0.2) is 0 Å². The number of nitrogens with two attached hydrogens (primary N) is 1. The van der Waals surface area contributed by atoms with Crippen molar-refractivity contribution in [3.63, 3.8) is 0 Å². The van der Waals surface area contributed by atoms with E-state index in [9.17, 15) is 0 Å². The van der Waals surface area contributed by atoms with E-state index in [2.05, 4.69) is 37.4 Å². The molecule has 4 aromatic rings. The monoisotopic (exact) mass is 567 g/mol. The molecule has 0 bridgehead atoms. The number of anilines is 2. The summed E-state index contributed by atoms with van der Waals surface area (Å²) >= 11 is 6.94. The van der Waals surface area contributed by atoms with Crippen molar-refractivity contribution in [1.82, 2.24) is 5.53 Å². The van der Waals surface area contributed by atoms with E-state index >= 15 is 0 Å². The molecule has 4 aromatic carbocycles. The fraction of sp³-hybridized carbons (Fsp3) is 0.0769. The van der Waals surface area contributed by atoms with Gasteiger partial charge in [-0.1, -0.05) is 44.0 Å². The third-order valence-electron chi connectivity index (χ3n) is 5.01. The zero-order valence-corrected chi connectivity index (χ0v) is 21.4. The van der Waals surface area contributed by atoms with Crippen LogP contribution in [0.5, 0.6) is 23.0 Å². The van der Waals surface area contributed by atoms with E-state index in [1.165, 1.54) is 0 Å². The second-order valence-electron chi connectivity index (χ2n) is 7.48. The molecule has 0 radical (unpaired) electrons. The molecule has 0 aliphatic rings. The molecule has 3 N–H and O–H groups in total. The van der Waals surface area contributed by atoms with Gasteiger partial charge in [0.15, 0.2) is 0 Å². The maximum Gasteiger partial charge on any atom is 0.128 e. The van der Waals surface area contributed by atoms with Crippen LogP contribution in [-0.2, 0) is 0 Å². The second-order valence-corrected chi connectivity index (χ2v) is 9.31. The van der Waals surface area contributed by atoms with Crippen molar-refractivity contribution in [1.29, 1.82) is 0 Å². The van der Waals surface area contributed by atoms with E-state index in [0.29, 0.717) is 0 Å². The van der Waals surface area contributed by atoms with E-state index < -0.39 is 0 Å². The summed E-state index contributed by atoms with van der Waals surface area (Å²) in [6, 6.07) is 27.3. The minimum atomic E-state index is 0.751. The number of ether oxygens (including phenoxy) is 2. The van der Waals surface area contributed by atoms with Crippen molar-refractivity contribution in [2.24, 2.45) is 5.84 Å². The zero-order valence-electron chi connectivity index (χ0n) is 18.2. The molecule has 0 amide bonds. The normalized spacial score (nSPS) is 10.7. The third-order valence-corrected chi connectivity index (χ3v) is 6.00. The SMILES string of the molecule is Cc1cc(Oc2cccc(Br)c2)ccc1N(NN)c1ccc(Oc2cccc(Br)c2)cc1C. The van der Waals surface area contributed by atoms with Crippen molar-refractivity contribution in [2.45, 2.75) is 13.8 Å². The molecule has 0 fully saturated rings. The van der Waals surface area contributed by atoms with Crippen molar-refractivity contribution >= 4 is 43.2 Å². The topological polar surface area (TPSA) is 59.8 Å². The molecule has 5 nitrogen and oxygen atoms in total. The Morgan fingerprint density at radius 3 is 1.42 bits per heavy atom. The van der Waals surface area contributed by atoms with Crippen molar-refractivity contribution < 1.29 is 9.47 Å². The molecule has 0 aromatic heterocycles. The fourth-order valence-corrected chi connectivity index (χ4v) is 4.24. The average molecular weight is 569 g/mol. The number of hydrazine groups is 2. The molecule has 0 aliphatic carbocycles. The molecule has 4 rings (SSSR count). The number of hydrogen-bond donors (Lipinski definition) is 2. The molecule has 33 heavy (non-hydrogen) atoms. The van der Waals surface area contributed by atoms with Gasteiger partial charge in [0.05, 0.1) is 11.4 Å². The van der Waals surface area contributed by atoms with Crippen LogP contribution in [0.25, 0.3) is 0 Å². The van der Waals surface area contributed by atoms with E-state index in [1.807, 2.05) is 104 Å². The van der Waals surface area contributed by atoms with Gasteiger partial charge in [0.2, 0.25) is 0 Å². The number of hydrogen-bond acceptors (Lipinski definition) is 5. The number of nitrogens with zero attached hydrogens (tertiary/aromatic N) is 1. The summed E-state index contributed by atoms with van der Waals surface area (Å²) in [6.07, 6.45) is 0. The van der Waals surface area contributed by atoms with Gasteiger partial charge in [-0.2, -0.15) is 5.53 Å². The molecule has 0 aliphatic heterocycles. The molecule has 0 heterocycles. The molecule has 7 heteroatoms. The first kappa shape index (κ1) is 23.3. The van der Waals surface area contributed by atoms with Gasteiger partial charge in [-0.25, -0.2) is 0 Å². The Bertz CT molecular complexity index is 1180. The second kappa shape index (κ2) is 10.4. The predicted octanol–water partition coefficient (Wildman–Crippen LogP) is 7.93. The first-order chi connectivity index (χ1) is 15.9. The van der Waals surface area contributed by atoms with E-state index in [0.717, 1.165) is 54.4 Å². The van der Waals surface area contributed by atoms with E-state index in [4.69, 9.17) is 15.3 Å². The fourth-order valence-electron chi connectivity index (χ4n) is 3.49. The van der Waals surface area contributed by atoms with Gasteiger partial charge in [-0.3, -0.25) is 10.9 Å². The van der Waals surface area contributed by atoms with Gasteiger partial charge < -0.3 is 9.47 Å². The predicted molar refractivity (Wildman–Crippen MR) is 140 cm³/mol. The molecule has 168 valence electrons. The van der Waals surface area contributed by atoms with Crippen LogP contribution in [0.15, 0.2) is 93.9 Å². The lowest BCUT2D eigenvalue weighted by Crippen LogP contribution is -2.40. The molecule has 0 spiro atoms. The molecule has 0 saturated heterocycles. The highest BCUT2D eigenvalue weighted by molar-refractivity contribution is 9.10. The number of rotatable bonds is 7. The summed E-state index contributed by atoms with van der Waals surface area (Å²) in [5.74, 6) is 8.97. The minimum Gasteiger partial charge on any atom is -0.457 e. The van der Waals surface area contributed by atoms with Crippen LogP contribution in [0.4, 0.5) is 11.4 Å². The van der Waals surface area contributed by atoms with E-state index in [1.54, 1.807) is 0 Å². The summed E-state index contributed by atoms with van der Waals surface area (Å²) in [7, 11) is 0. The quantitative estimate of drug-likeness (QED) is 0.175. The molecule has 0 saturated carbocycles. The van der Waals surface area contributed by atoms with Gasteiger partial charge in [0.25, 0.3) is 0 Å². The Hall–Kier alpha value is -2.84.